The number of Topliss-reactive ketones (excluding diaryl/α,β-unsaturated/α-hetero) is 1. The van der Waals surface area contributed by atoms with Crippen LogP contribution < -0.4 is 0 Å². The molecule has 2 rings (SSSR count). The van der Waals surface area contributed by atoms with Crippen LogP contribution >= 0.6 is 23.1 Å². The number of hydrogen-bond acceptors (Lipinski definition) is 3. The topological polar surface area (TPSA) is 17.1 Å². The molecule has 1 nitrogen and oxygen atoms in total. The van der Waals surface area contributed by atoms with Crippen molar-refractivity contribution in [2.24, 2.45) is 5.92 Å². The van der Waals surface area contributed by atoms with Crippen molar-refractivity contribution in [1.82, 2.24) is 0 Å². The van der Waals surface area contributed by atoms with Gasteiger partial charge in [-0.1, -0.05) is 26.7 Å². The molecule has 1 atom stereocenters. The van der Waals surface area contributed by atoms with Crippen LogP contribution in [0.5, 0.6) is 0 Å². The molecule has 0 N–H and O–H groups in total. The first-order valence-corrected chi connectivity index (χ1v) is 8.40. The van der Waals surface area contributed by atoms with Gasteiger partial charge in [0, 0.05) is 17.1 Å². The molecule has 0 saturated heterocycles. The number of hydrogen-bond donors (Lipinski definition) is 0. The lowest BCUT2D eigenvalue weighted by molar-refractivity contribution is 0.0966. The lowest BCUT2D eigenvalue weighted by Gasteiger charge is -2.08. The van der Waals surface area contributed by atoms with Crippen LogP contribution in [-0.2, 0) is 12.2 Å². The monoisotopic (exact) mass is 268 g/mol. The van der Waals surface area contributed by atoms with Crippen molar-refractivity contribution in [3.8, 4) is 0 Å². The average Bonchev–Trinajstić information content (AvgIpc) is 2.72. The fraction of sp³-hybridized carbons (Fsp3) is 0.643. The Morgan fingerprint density at radius 2 is 2.35 bits per heavy atom. The van der Waals surface area contributed by atoms with E-state index < -0.39 is 0 Å². The van der Waals surface area contributed by atoms with Crippen molar-refractivity contribution in [1.29, 1.82) is 0 Å². The zero-order valence-corrected chi connectivity index (χ0v) is 12.3. The van der Waals surface area contributed by atoms with Crippen LogP contribution in [0.25, 0.3) is 0 Å². The van der Waals surface area contributed by atoms with E-state index in [0.29, 0.717) is 11.7 Å². The van der Waals surface area contributed by atoms with Gasteiger partial charge in [-0.2, -0.15) is 11.8 Å². The molecule has 0 aliphatic carbocycles. The van der Waals surface area contributed by atoms with Gasteiger partial charge in [-0.25, -0.2) is 0 Å². The summed E-state index contributed by atoms with van der Waals surface area (Å²) in [6.07, 6.45) is 4.21. The molecule has 0 radical (unpaired) electrons. The number of aryl methyl sites for hydroxylation is 1. The van der Waals surface area contributed by atoms with Gasteiger partial charge in [0.1, 0.15) is 0 Å². The minimum absolute atomic E-state index is 0.357. The van der Waals surface area contributed by atoms with E-state index in [4.69, 9.17) is 0 Å². The number of carbonyl (C=O) groups excluding carboxylic acids is 1. The molecule has 0 amide bonds. The van der Waals surface area contributed by atoms with E-state index >= 15 is 0 Å². The summed E-state index contributed by atoms with van der Waals surface area (Å²) in [7, 11) is 0. The van der Waals surface area contributed by atoms with Gasteiger partial charge in [0.05, 0.1) is 4.88 Å². The molecule has 94 valence electrons. The highest BCUT2D eigenvalue weighted by atomic mass is 32.2. The highest BCUT2D eigenvalue weighted by Crippen LogP contribution is 2.32. The second kappa shape index (κ2) is 6.05. The van der Waals surface area contributed by atoms with Crippen LogP contribution in [0.4, 0.5) is 0 Å². The number of thioether (sulfide) groups is 1. The molecule has 0 fully saturated rings. The maximum Gasteiger partial charge on any atom is 0.173 e. The summed E-state index contributed by atoms with van der Waals surface area (Å²) < 4.78 is 0. The van der Waals surface area contributed by atoms with Crippen molar-refractivity contribution >= 4 is 28.9 Å². The first kappa shape index (κ1) is 13.2. The Morgan fingerprint density at radius 1 is 1.53 bits per heavy atom. The van der Waals surface area contributed by atoms with Crippen molar-refractivity contribution < 1.29 is 4.79 Å². The number of fused-ring (bicyclic) bond motifs is 1. The lowest BCUT2D eigenvalue weighted by atomic mass is 9.99. The van der Waals surface area contributed by atoms with Gasteiger partial charge < -0.3 is 0 Å². The van der Waals surface area contributed by atoms with Crippen molar-refractivity contribution in [3.63, 3.8) is 0 Å². The van der Waals surface area contributed by atoms with E-state index in [0.717, 1.165) is 29.9 Å². The van der Waals surface area contributed by atoms with Crippen LogP contribution in [0.3, 0.4) is 0 Å². The second-order valence-electron chi connectivity index (χ2n) is 4.88. The molecule has 1 aromatic rings. The molecular weight excluding hydrogens is 248 g/mol. The summed E-state index contributed by atoms with van der Waals surface area (Å²) in [6, 6.07) is 2.15. The molecule has 0 spiro atoms. The first-order chi connectivity index (χ1) is 8.20. The standard InChI is InChI=1S/C14H20OS2/c1-3-4-10(2)7-12(15)14-8-11-9-16-6-5-13(11)17-14/h8,10H,3-7,9H2,1-2H3. The Hall–Kier alpha value is -0.280. The van der Waals surface area contributed by atoms with Crippen molar-refractivity contribution in [3.05, 3.63) is 21.4 Å². The van der Waals surface area contributed by atoms with E-state index in [-0.39, 0.29) is 0 Å². The Labute approximate surface area is 112 Å². The molecule has 1 aromatic heterocycles. The van der Waals surface area contributed by atoms with Crippen molar-refractivity contribution in [2.45, 2.75) is 45.3 Å². The van der Waals surface area contributed by atoms with E-state index in [2.05, 4.69) is 19.9 Å². The molecule has 3 heteroatoms. The quantitative estimate of drug-likeness (QED) is 0.729. The maximum atomic E-state index is 12.2. The summed E-state index contributed by atoms with van der Waals surface area (Å²) in [5.41, 5.74) is 1.41. The van der Waals surface area contributed by atoms with Crippen LogP contribution in [0, 0.1) is 5.92 Å². The summed E-state index contributed by atoms with van der Waals surface area (Å²) >= 11 is 3.72. The Balaban J connectivity index is 2.01. The van der Waals surface area contributed by atoms with Gasteiger partial charge in [0.25, 0.3) is 0 Å². The van der Waals surface area contributed by atoms with Gasteiger partial charge in [-0.05, 0) is 29.7 Å². The van der Waals surface area contributed by atoms with Gasteiger partial charge in [-0.3, -0.25) is 4.79 Å². The highest BCUT2D eigenvalue weighted by molar-refractivity contribution is 7.98. The normalized spacial score (nSPS) is 16.6. The molecule has 1 aliphatic heterocycles. The Kier molecular flexibility index (Phi) is 4.69. The molecule has 0 aromatic carbocycles. The average molecular weight is 268 g/mol. The third-order valence-electron chi connectivity index (χ3n) is 3.22. The van der Waals surface area contributed by atoms with Gasteiger partial charge >= 0.3 is 0 Å². The molecule has 1 aliphatic rings. The fourth-order valence-electron chi connectivity index (χ4n) is 2.30. The second-order valence-corrected chi connectivity index (χ2v) is 7.12. The molecule has 0 saturated carbocycles. The smallest absolute Gasteiger partial charge is 0.173 e. The van der Waals surface area contributed by atoms with Crippen molar-refractivity contribution in [2.75, 3.05) is 5.75 Å². The fourth-order valence-corrected chi connectivity index (χ4v) is 4.62. The molecular formula is C14H20OS2. The largest absolute Gasteiger partial charge is 0.293 e. The SMILES string of the molecule is CCCC(C)CC(=O)c1cc2c(s1)CCSC2. The third kappa shape index (κ3) is 3.35. The van der Waals surface area contributed by atoms with E-state index in [1.165, 1.54) is 22.6 Å². The summed E-state index contributed by atoms with van der Waals surface area (Å²) in [4.78, 5) is 14.6. The lowest BCUT2D eigenvalue weighted by Crippen LogP contribution is -2.04. The minimum Gasteiger partial charge on any atom is -0.293 e. The number of carbonyl (C=O) groups is 1. The van der Waals surface area contributed by atoms with E-state index in [1.54, 1.807) is 11.3 Å². The Bertz CT molecular complexity index is 371. The van der Waals surface area contributed by atoms with Crippen LogP contribution in [-0.4, -0.2) is 11.5 Å². The summed E-state index contributed by atoms with van der Waals surface area (Å²) in [5, 5.41) is 0. The van der Waals surface area contributed by atoms with E-state index in [1.807, 2.05) is 11.8 Å². The number of ketones is 1. The first-order valence-electron chi connectivity index (χ1n) is 6.43. The molecule has 17 heavy (non-hydrogen) atoms. The zero-order valence-electron chi connectivity index (χ0n) is 10.6. The predicted octanol–water partition coefficient (Wildman–Crippen LogP) is 4.55. The maximum absolute atomic E-state index is 12.2. The van der Waals surface area contributed by atoms with E-state index in [9.17, 15) is 4.79 Å². The molecule has 0 bridgehead atoms. The number of thiophene rings is 1. The van der Waals surface area contributed by atoms with Crippen LogP contribution in [0.15, 0.2) is 6.07 Å². The van der Waals surface area contributed by atoms with Gasteiger partial charge in [-0.15, -0.1) is 11.3 Å². The molecule has 2 heterocycles. The summed E-state index contributed by atoms with van der Waals surface area (Å²) in [6.45, 7) is 4.37. The van der Waals surface area contributed by atoms with Gasteiger partial charge in [0.2, 0.25) is 0 Å². The number of rotatable bonds is 5. The molecule has 1 unspecified atom stereocenters. The predicted molar refractivity (Wildman–Crippen MR) is 77.2 cm³/mol. The minimum atomic E-state index is 0.357. The highest BCUT2D eigenvalue weighted by Gasteiger charge is 2.18. The van der Waals surface area contributed by atoms with Gasteiger partial charge in [0.15, 0.2) is 5.78 Å². The van der Waals surface area contributed by atoms with Crippen LogP contribution in [0.2, 0.25) is 0 Å². The third-order valence-corrected chi connectivity index (χ3v) is 5.50. The zero-order chi connectivity index (χ0) is 12.3. The summed E-state index contributed by atoms with van der Waals surface area (Å²) in [5.74, 6) is 3.20. The Morgan fingerprint density at radius 3 is 3.06 bits per heavy atom. The van der Waals surface area contributed by atoms with Crippen LogP contribution in [0.1, 0.15) is 53.2 Å².